The predicted octanol–water partition coefficient (Wildman–Crippen LogP) is 7.37. The second-order valence-electron chi connectivity index (χ2n) is 9.72. The van der Waals surface area contributed by atoms with E-state index in [2.05, 4.69) is 27.7 Å². The largest absolute Gasteiger partial charge is 0.0654 e. The molecule has 22 heavy (non-hydrogen) atoms. The van der Waals surface area contributed by atoms with Crippen LogP contribution in [0, 0.1) is 28.1 Å². The lowest BCUT2D eigenvalue weighted by Crippen LogP contribution is -2.69. The van der Waals surface area contributed by atoms with Crippen LogP contribution < -0.4 is 0 Å². The fraction of sp³-hybridized carbons (Fsp3) is 1.00. The Bertz CT molecular complexity index is 373. The van der Waals surface area contributed by atoms with Crippen LogP contribution in [0.25, 0.3) is 0 Å². The van der Waals surface area contributed by atoms with Crippen LogP contribution in [0.3, 0.4) is 0 Å². The van der Waals surface area contributed by atoms with E-state index in [-0.39, 0.29) is 0 Å². The number of fused-ring (bicyclic) bond motifs is 2. The lowest BCUT2D eigenvalue weighted by molar-refractivity contribution is -0.274. The van der Waals surface area contributed by atoms with Crippen molar-refractivity contribution in [2.75, 3.05) is 0 Å². The first-order valence-corrected chi connectivity index (χ1v) is 10.5. The molecule has 0 spiro atoms. The number of unbranched alkanes of at least 4 members (excludes halogenated alkanes) is 3. The summed E-state index contributed by atoms with van der Waals surface area (Å²) in [6, 6.07) is 0. The van der Waals surface area contributed by atoms with Crippen molar-refractivity contribution < 1.29 is 0 Å². The summed E-state index contributed by atoms with van der Waals surface area (Å²) >= 11 is 0. The molecule has 4 aliphatic carbocycles. The highest BCUT2D eigenvalue weighted by Gasteiger charge is 2.71. The maximum atomic E-state index is 2.65. The van der Waals surface area contributed by atoms with Crippen LogP contribution in [0.4, 0.5) is 0 Å². The molecular weight excluding hydrogens is 264 g/mol. The standard InChI is InChI=1S/C22H40/c1-5-6-7-9-14-21(15-10-8-11-16-21)22-17-19(20(22,3)4)13-12-18(22)2/h18-19H,5-17H2,1-4H3. The Balaban J connectivity index is 1.84. The van der Waals surface area contributed by atoms with E-state index in [1.54, 1.807) is 25.7 Å². The summed E-state index contributed by atoms with van der Waals surface area (Å²) in [5, 5.41) is 0. The summed E-state index contributed by atoms with van der Waals surface area (Å²) in [5.41, 5.74) is 2.02. The average Bonchev–Trinajstić information content (AvgIpc) is 2.52. The van der Waals surface area contributed by atoms with Crippen LogP contribution >= 0.6 is 0 Å². The smallest absolute Gasteiger partial charge is 0.0159 e. The second-order valence-corrected chi connectivity index (χ2v) is 9.72. The van der Waals surface area contributed by atoms with Gasteiger partial charge in [-0.15, -0.1) is 0 Å². The molecule has 0 aliphatic heterocycles. The highest BCUT2D eigenvalue weighted by molar-refractivity contribution is 5.19. The monoisotopic (exact) mass is 304 g/mol. The summed E-state index contributed by atoms with van der Waals surface area (Å²) in [7, 11) is 0. The maximum absolute atomic E-state index is 2.65. The molecule has 0 heterocycles. The van der Waals surface area contributed by atoms with Crippen molar-refractivity contribution in [1.82, 2.24) is 0 Å². The molecule has 128 valence electrons. The highest BCUT2D eigenvalue weighted by Crippen LogP contribution is 2.78. The summed E-state index contributed by atoms with van der Waals surface area (Å²) < 4.78 is 0. The van der Waals surface area contributed by atoms with Gasteiger partial charge in [0.2, 0.25) is 0 Å². The molecule has 0 aromatic heterocycles. The molecule has 0 aromatic rings. The van der Waals surface area contributed by atoms with Crippen molar-refractivity contribution in [3.05, 3.63) is 0 Å². The van der Waals surface area contributed by atoms with Crippen molar-refractivity contribution in [3.8, 4) is 0 Å². The van der Waals surface area contributed by atoms with Gasteiger partial charge >= 0.3 is 0 Å². The van der Waals surface area contributed by atoms with Crippen LogP contribution in [0.1, 0.15) is 111 Å². The number of rotatable bonds is 6. The van der Waals surface area contributed by atoms with Gasteiger partial charge in [-0.2, -0.15) is 0 Å². The molecule has 0 saturated heterocycles. The maximum Gasteiger partial charge on any atom is -0.0159 e. The first-order valence-electron chi connectivity index (χ1n) is 10.5. The quantitative estimate of drug-likeness (QED) is 0.449. The highest BCUT2D eigenvalue weighted by atomic mass is 14.7. The van der Waals surface area contributed by atoms with Crippen LogP contribution in [0.15, 0.2) is 0 Å². The Labute approximate surface area is 139 Å². The molecule has 0 heteroatoms. The van der Waals surface area contributed by atoms with Gasteiger partial charge < -0.3 is 0 Å². The Kier molecular flexibility index (Phi) is 4.70. The first-order chi connectivity index (χ1) is 10.5. The van der Waals surface area contributed by atoms with Gasteiger partial charge in [0.05, 0.1) is 0 Å². The minimum Gasteiger partial charge on any atom is -0.0654 e. The van der Waals surface area contributed by atoms with Crippen molar-refractivity contribution in [1.29, 1.82) is 0 Å². The van der Waals surface area contributed by atoms with Crippen LogP contribution in [-0.2, 0) is 0 Å². The molecule has 4 fully saturated rings. The van der Waals surface area contributed by atoms with Gasteiger partial charge in [-0.3, -0.25) is 0 Å². The van der Waals surface area contributed by atoms with E-state index in [4.69, 9.17) is 0 Å². The Hall–Kier alpha value is 0. The van der Waals surface area contributed by atoms with E-state index in [1.807, 2.05) is 0 Å². The first kappa shape index (κ1) is 16.8. The third-order valence-electron chi connectivity index (χ3n) is 8.79. The molecule has 0 radical (unpaired) electrons. The Morgan fingerprint density at radius 2 is 1.64 bits per heavy atom. The second kappa shape index (κ2) is 6.14. The van der Waals surface area contributed by atoms with Crippen molar-refractivity contribution >= 4 is 0 Å². The SMILES string of the molecule is CCCCCCC1(C23CC(CCC2C)C3(C)C)CCCCC1. The molecule has 2 bridgehead atoms. The molecular formula is C22H40. The topological polar surface area (TPSA) is 0 Å². The van der Waals surface area contributed by atoms with E-state index >= 15 is 0 Å². The molecule has 0 nitrogen and oxygen atoms in total. The lowest BCUT2D eigenvalue weighted by Gasteiger charge is -2.76. The zero-order chi connectivity index (χ0) is 15.8. The zero-order valence-electron chi connectivity index (χ0n) is 15.8. The Morgan fingerprint density at radius 1 is 0.909 bits per heavy atom. The number of hydrogen-bond donors (Lipinski definition) is 0. The molecule has 4 saturated carbocycles. The summed E-state index contributed by atoms with van der Waals surface area (Å²) in [6.07, 6.45) is 19.6. The van der Waals surface area contributed by atoms with E-state index in [9.17, 15) is 0 Å². The van der Waals surface area contributed by atoms with E-state index in [1.165, 1.54) is 57.8 Å². The van der Waals surface area contributed by atoms with Crippen LogP contribution in [0.2, 0.25) is 0 Å². The molecule has 4 rings (SSSR count). The minimum absolute atomic E-state index is 0.618. The zero-order valence-corrected chi connectivity index (χ0v) is 15.8. The molecule has 0 amide bonds. The summed E-state index contributed by atoms with van der Waals surface area (Å²) in [4.78, 5) is 0. The lowest BCUT2D eigenvalue weighted by atomic mass is 9.28. The Morgan fingerprint density at radius 3 is 2.23 bits per heavy atom. The molecule has 3 unspecified atom stereocenters. The summed E-state index contributed by atoms with van der Waals surface area (Å²) in [5.74, 6) is 2.01. The van der Waals surface area contributed by atoms with E-state index in [0.717, 1.165) is 11.8 Å². The van der Waals surface area contributed by atoms with Crippen LogP contribution in [-0.4, -0.2) is 0 Å². The van der Waals surface area contributed by atoms with Gasteiger partial charge in [-0.25, -0.2) is 0 Å². The third-order valence-corrected chi connectivity index (χ3v) is 8.79. The van der Waals surface area contributed by atoms with Crippen LogP contribution in [0.5, 0.6) is 0 Å². The van der Waals surface area contributed by atoms with Gasteiger partial charge in [0.25, 0.3) is 0 Å². The predicted molar refractivity (Wildman–Crippen MR) is 97.0 cm³/mol. The van der Waals surface area contributed by atoms with Crippen molar-refractivity contribution in [3.63, 3.8) is 0 Å². The molecule has 4 aliphatic rings. The summed E-state index contributed by atoms with van der Waals surface area (Å²) in [6.45, 7) is 10.3. The number of hydrogen-bond acceptors (Lipinski definition) is 0. The van der Waals surface area contributed by atoms with E-state index in [0.29, 0.717) is 16.2 Å². The molecule has 0 N–H and O–H groups in total. The van der Waals surface area contributed by atoms with Gasteiger partial charge in [0, 0.05) is 0 Å². The fourth-order valence-corrected chi connectivity index (χ4v) is 7.60. The van der Waals surface area contributed by atoms with Crippen molar-refractivity contribution in [2.45, 2.75) is 111 Å². The van der Waals surface area contributed by atoms with Crippen molar-refractivity contribution in [2.24, 2.45) is 28.1 Å². The molecule has 3 atom stereocenters. The van der Waals surface area contributed by atoms with E-state index < -0.39 is 0 Å². The van der Waals surface area contributed by atoms with Gasteiger partial charge in [-0.1, -0.05) is 72.6 Å². The van der Waals surface area contributed by atoms with Gasteiger partial charge in [0.15, 0.2) is 0 Å². The normalized spacial score (nSPS) is 39.3. The van der Waals surface area contributed by atoms with Gasteiger partial charge in [-0.05, 0) is 66.6 Å². The average molecular weight is 305 g/mol. The molecule has 0 aromatic carbocycles. The van der Waals surface area contributed by atoms with Gasteiger partial charge in [0.1, 0.15) is 0 Å². The minimum atomic E-state index is 0.618. The third kappa shape index (κ3) is 2.22. The fourth-order valence-electron chi connectivity index (χ4n) is 7.60.